The molecule has 107 heavy (non-hydrogen) atoms. The van der Waals surface area contributed by atoms with Crippen LogP contribution in [0, 0.1) is 5.92 Å². The summed E-state index contributed by atoms with van der Waals surface area (Å²) in [5.74, 6) is -1.25. The lowest BCUT2D eigenvalue weighted by atomic mass is 9.99. The lowest BCUT2D eigenvalue weighted by molar-refractivity contribution is -0.161. The number of hydrogen-bond acceptors (Lipinski definition) is 15. The van der Waals surface area contributed by atoms with Gasteiger partial charge in [0.1, 0.15) is 19.3 Å². The first-order valence-corrected chi connectivity index (χ1v) is 48.7. The number of aliphatic hydroxyl groups is 1. The summed E-state index contributed by atoms with van der Waals surface area (Å²) in [6.45, 7) is 7.40. The molecule has 0 spiro atoms. The third-order valence-corrected chi connectivity index (χ3v) is 23.0. The number of esters is 4. The molecule has 0 heterocycles. The quantitative estimate of drug-likeness (QED) is 0.0222. The predicted octanol–water partition coefficient (Wildman–Crippen LogP) is 27.2. The third-order valence-electron chi connectivity index (χ3n) is 21.1. The van der Waals surface area contributed by atoms with Crippen LogP contribution in [-0.2, 0) is 65.4 Å². The van der Waals surface area contributed by atoms with Crippen LogP contribution < -0.4 is 0 Å². The van der Waals surface area contributed by atoms with Crippen molar-refractivity contribution in [3.8, 4) is 0 Å². The zero-order valence-corrected chi connectivity index (χ0v) is 72.1. The van der Waals surface area contributed by atoms with Crippen LogP contribution in [0.15, 0.2) is 0 Å². The van der Waals surface area contributed by atoms with Crippen molar-refractivity contribution in [2.24, 2.45) is 5.92 Å². The zero-order valence-electron chi connectivity index (χ0n) is 70.3. The van der Waals surface area contributed by atoms with Gasteiger partial charge in [-0.1, -0.05) is 426 Å². The van der Waals surface area contributed by atoms with Crippen LogP contribution in [0.1, 0.15) is 478 Å². The Morgan fingerprint density at radius 3 is 0.664 bits per heavy atom. The summed E-state index contributed by atoms with van der Waals surface area (Å²) in [5.41, 5.74) is 0. The summed E-state index contributed by atoms with van der Waals surface area (Å²) in [4.78, 5) is 73.2. The minimum atomic E-state index is -4.97. The van der Waals surface area contributed by atoms with Crippen LogP contribution in [-0.4, -0.2) is 96.7 Å². The molecule has 0 bridgehead atoms. The lowest BCUT2D eigenvalue weighted by Gasteiger charge is -2.21. The Kier molecular flexibility index (Phi) is 79.2. The van der Waals surface area contributed by atoms with Crippen LogP contribution in [0.4, 0.5) is 0 Å². The molecule has 3 N–H and O–H groups in total. The molecule has 0 aliphatic carbocycles. The Balaban J connectivity index is 5.18. The first-order valence-electron chi connectivity index (χ1n) is 45.7. The summed E-state index contributed by atoms with van der Waals surface area (Å²) in [5, 5.41) is 10.7. The highest BCUT2D eigenvalue weighted by atomic mass is 31.2. The highest BCUT2D eigenvalue weighted by Gasteiger charge is 2.30. The number of hydrogen-bond donors (Lipinski definition) is 3. The normalized spacial score (nSPS) is 14.0. The van der Waals surface area contributed by atoms with Crippen LogP contribution in [0.5, 0.6) is 0 Å². The molecule has 0 aromatic rings. The van der Waals surface area contributed by atoms with Gasteiger partial charge in [-0.25, -0.2) is 9.13 Å². The molecular formula is C88H172O17P2. The van der Waals surface area contributed by atoms with Crippen LogP contribution >= 0.6 is 15.6 Å². The van der Waals surface area contributed by atoms with Crippen molar-refractivity contribution in [3.05, 3.63) is 0 Å². The molecule has 0 saturated carbocycles. The molecule has 0 aliphatic rings. The Morgan fingerprint density at radius 1 is 0.262 bits per heavy atom. The number of carbonyl (C=O) groups is 4. The molecule has 17 nitrogen and oxygen atoms in total. The molecule has 0 aromatic carbocycles. The van der Waals surface area contributed by atoms with E-state index in [1.54, 1.807) is 0 Å². The molecule has 0 radical (unpaired) electrons. The third kappa shape index (κ3) is 80.5. The SMILES string of the molecule is CCCCCCCCCCCCCCCCCCCCCCCC(=O)O[C@H](COC(=O)CCCCCCCCCCCCCCCCCCCCCC)COP(=O)(O)OC[C@@H](O)COP(=O)(O)OC[C@@H](COC(=O)CCCCCCCCCC)OC(=O)CCCCCCCCCCCCCCCCC(C)CC. The Bertz CT molecular complexity index is 2030. The van der Waals surface area contributed by atoms with Gasteiger partial charge in [0.05, 0.1) is 26.4 Å². The van der Waals surface area contributed by atoms with Crippen LogP contribution in [0.25, 0.3) is 0 Å². The molecule has 19 heteroatoms. The van der Waals surface area contributed by atoms with E-state index in [0.29, 0.717) is 25.7 Å². The van der Waals surface area contributed by atoms with Gasteiger partial charge in [-0.3, -0.25) is 37.3 Å². The minimum Gasteiger partial charge on any atom is -0.462 e. The van der Waals surface area contributed by atoms with E-state index in [4.69, 9.17) is 37.0 Å². The minimum absolute atomic E-state index is 0.108. The fourth-order valence-corrected chi connectivity index (χ4v) is 15.4. The average molecular weight is 1560 g/mol. The summed E-state index contributed by atoms with van der Waals surface area (Å²) in [7, 11) is -9.93. The van der Waals surface area contributed by atoms with Crippen LogP contribution in [0.2, 0.25) is 0 Å². The summed E-state index contributed by atoms with van der Waals surface area (Å²) in [6, 6.07) is 0. The molecule has 3 unspecified atom stereocenters. The van der Waals surface area contributed by atoms with E-state index >= 15 is 0 Å². The van der Waals surface area contributed by atoms with Gasteiger partial charge in [-0.2, -0.15) is 0 Å². The van der Waals surface area contributed by atoms with Crippen molar-refractivity contribution in [3.63, 3.8) is 0 Å². The number of carbonyl (C=O) groups excluding carboxylic acids is 4. The topological polar surface area (TPSA) is 237 Å². The summed E-state index contributed by atoms with van der Waals surface area (Å²) < 4.78 is 68.9. The first kappa shape index (κ1) is 105. The number of phosphoric acid groups is 2. The van der Waals surface area contributed by atoms with Crippen molar-refractivity contribution in [1.82, 2.24) is 0 Å². The van der Waals surface area contributed by atoms with Gasteiger partial charge in [0.25, 0.3) is 0 Å². The van der Waals surface area contributed by atoms with Gasteiger partial charge in [0.15, 0.2) is 12.2 Å². The molecule has 0 fully saturated rings. The largest absolute Gasteiger partial charge is 0.472 e. The van der Waals surface area contributed by atoms with E-state index in [0.717, 1.165) is 102 Å². The fraction of sp³-hybridized carbons (Fsp3) is 0.955. The van der Waals surface area contributed by atoms with Gasteiger partial charge in [-0.05, 0) is 31.6 Å². The maximum absolute atomic E-state index is 13.2. The van der Waals surface area contributed by atoms with Gasteiger partial charge >= 0.3 is 39.5 Å². The van der Waals surface area contributed by atoms with E-state index in [1.807, 2.05) is 0 Å². The van der Waals surface area contributed by atoms with E-state index < -0.39 is 97.5 Å². The Hall–Kier alpha value is -1.94. The first-order chi connectivity index (χ1) is 52.1. The number of aliphatic hydroxyl groups excluding tert-OH is 1. The fourth-order valence-electron chi connectivity index (χ4n) is 13.8. The lowest BCUT2D eigenvalue weighted by Crippen LogP contribution is -2.30. The second-order valence-corrected chi connectivity index (χ2v) is 34.8. The van der Waals surface area contributed by atoms with Crippen molar-refractivity contribution in [2.75, 3.05) is 39.6 Å². The van der Waals surface area contributed by atoms with Crippen molar-refractivity contribution < 1.29 is 80.2 Å². The summed E-state index contributed by atoms with van der Waals surface area (Å²) in [6.07, 6.45) is 75.2. The van der Waals surface area contributed by atoms with Gasteiger partial charge in [-0.15, -0.1) is 0 Å². The van der Waals surface area contributed by atoms with Crippen molar-refractivity contribution in [2.45, 2.75) is 496 Å². The van der Waals surface area contributed by atoms with Crippen LogP contribution in [0.3, 0.4) is 0 Å². The standard InChI is InChI=1S/C88H172O17P2/c1-6-10-13-16-19-22-24-26-28-30-32-34-36-38-40-45-49-53-58-63-68-73-88(93)105-84(78-99-86(91)72-67-62-57-52-48-44-39-37-35-33-31-29-27-25-23-20-17-14-11-7-2)80-103-107(96,97)101-76-82(89)75-100-106(94,95)102-79-83(77-98-85(90)71-66-61-56-21-18-15-12-8-3)104-87(92)74-69-64-59-54-50-46-42-41-43-47-51-55-60-65-70-81(5)9-4/h81-84,89H,6-80H2,1-5H3,(H,94,95)(H,96,97)/t81?,82-,83+,84+/m0/s1. The van der Waals surface area contributed by atoms with E-state index in [-0.39, 0.29) is 25.7 Å². The molecule has 0 aliphatic heterocycles. The van der Waals surface area contributed by atoms with Gasteiger partial charge in [0, 0.05) is 25.7 Å². The Morgan fingerprint density at radius 2 is 0.449 bits per heavy atom. The number of phosphoric ester groups is 2. The molecule has 0 aromatic heterocycles. The molecule has 636 valence electrons. The average Bonchev–Trinajstić information content (AvgIpc) is 0.904. The molecule has 0 saturated heterocycles. The number of unbranched alkanes of at least 4 members (excludes halogenated alkanes) is 59. The van der Waals surface area contributed by atoms with Crippen molar-refractivity contribution >= 4 is 39.5 Å². The second-order valence-electron chi connectivity index (χ2n) is 31.9. The van der Waals surface area contributed by atoms with Gasteiger partial charge in [0.2, 0.25) is 0 Å². The maximum Gasteiger partial charge on any atom is 0.472 e. The zero-order chi connectivity index (χ0) is 78.3. The smallest absolute Gasteiger partial charge is 0.462 e. The Labute approximate surface area is 658 Å². The maximum atomic E-state index is 13.2. The molecule has 0 rings (SSSR count). The van der Waals surface area contributed by atoms with E-state index in [1.165, 1.54) is 295 Å². The highest BCUT2D eigenvalue weighted by molar-refractivity contribution is 7.47. The van der Waals surface area contributed by atoms with E-state index in [2.05, 4.69) is 34.6 Å². The second kappa shape index (κ2) is 80.7. The van der Waals surface area contributed by atoms with Gasteiger partial charge < -0.3 is 33.8 Å². The monoisotopic (exact) mass is 1560 g/mol. The summed E-state index contributed by atoms with van der Waals surface area (Å²) >= 11 is 0. The molecule has 0 amide bonds. The number of ether oxygens (including phenoxy) is 4. The van der Waals surface area contributed by atoms with E-state index in [9.17, 15) is 43.2 Å². The highest BCUT2D eigenvalue weighted by Crippen LogP contribution is 2.45. The number of rotatable bonds is 88. The molecule has 6 atom stereocenters. The molecular weight excluding hydrogens is 1390 g/mol. The van der Waals surface area contributed by atoms with Crippen molar-refractivity contribution in [1.29, 1.82) is 0 Å². The predicted molar refractivity (Wildman–Crippen MR) is 442 cm³/mol.